The van der Waals surface area contributed by atoms with Crippen molar-refractivity contribution in [2.24, 2.45) is 0 Å². The van der Waals surface area contributed by atoms with Crippen molar-refractivity contribution >= 4 is 27.5 Å². The number of hydrogen-bond donors (Lipinski definition) is 1. The fourth-order valence-electron chi connectivity index (χ4n) is 3.03. The molecule has 2 aromatic carbocycles. The van der Waals surface area contributed by atoms with Crippen LogP contribution in [0, 0.1) is 6.92 Å². The Morgan fingerprint density at radius 3 is 2.57 bits per heavy atom. The second kappa shape index (κ2) is 8.27. The van der Waals surface area contributed by atoms with Gasteiger partial charge in [0.1, 0.15) is 17.2 Å². The second-order valence-corrected chi connectivity index (χ2v) is 7.51. The predicted octanol–water partition coefficient (Wildman–Crippen LogP) is 4.26. The number of rotatable bonds is 7. The summed E-state index contributed by atoms with van der Waals surface area (Å²) >= 11 is 1.47. The summed E-state index contributed by atoms with van der Waals surface area (Å²) in [6.07, 6.45) is 0. The minimum Gasteiger partial charge on any atom is -0.492 e. The summed E-state index contributed by atoms with van der Waals surface area (Å²) in [5.74, 6) is 0.721. The number of nitrogens with zero attached hydrogens (tertiary/aromatic N) is 2. The van der Waals surface area contributed by atoms with Gasteiger partial charge in [-0.05, 0) is 30.7 Å². The third kappa shape index (κ3) is 4.07. The average Bonchev–Trinajstić information content (AvgIpc) is 3.28. The van der Waals surface area contributed by atoms with Gasteiger partial charge in [0, 0.05) is 5.39 Å². The zero-order valence-electron chi connectivity index (χ0n) is 15.6. The number of carbonyl (C=O) groups excluding carboxylic acids is 1. The molecule has 0 fully saturated rings. The van der Waals surface area contributed by atoms with Crippen LogP contribution in [-0.2, 0) is 6.54 Å². The van der Waals surface area contributed by atoms with Crippen molar-refractivity contribution in [2.45, 2.75) is 13.5 Å². The van der Waals surface area contributed by atoms with Gasteiger partial charge in [0.15, 0.2) is 0 Å². The Bertz CT molecular complexity index is 1070. The SMILES string of the molecule is Cc1nn(Cc2ccccc2)c2sc(C(=O)NCCOc3ccccc3)cc12. The molecule has 142 valence electrons. The number of amides is 1. The number of ether oxygens (including phenoxy) is 1. The summed E-state index contributed by atoms with van der Waals surface area (Å²) in [7, 11) is 0. The molecule has 4 rings (SSSR count). The standard InChI is InChI=1S/C22H21N3O2S/c1-16-19-14-20(21(26)23-12-13-27-18-10-6-3-7-11-18)28-22(19)25(24-16)15-17-8-4-2-5-9-17/h2-11,14H,12-13,15H2,1H3,(H,23,26). The molecule has 0 saturated carbocycles. The van der Waals surface area contributed by atoms with Crippen molar-refractivity contribution in [1.29, 1.82) is 0 Å². The lowest BCUT2D eigenvalue weighted by molar-refractivity contribution is 0.0951. The summed E-state index contributed by atoms with van der Waals surface area (Å²) in [5.41, 5.74) is 2.12. The number of aryl methyl sites for hydroxylation is 1. The molecule has 6 heteroatoms. The highest BCUT2D eigenvalue weighted by atomic mass is 32.1. The van der Waals surface area contributed by atoms with E-state index in [-0.39, 0.29) is 5.91 Å². The lowest BCUT2D eigenvalue weighted by Gasteiger charge is -2.06. The van der Waals surface area contributed by atoms with E-state index in [9.17, 15) is 4.79 Å². The highest BCUT2D eigenvalue weighted by Crippen LogP contribution is 2.28. The number of hydrogen-bond acceptors (Lipinski definition) is 4. The van der Waals surface area contributed by atoms with Gasteiger partial charge in [-0.3, -0.25) is 9.48 Å². The van der Waals surface area contributed by atoms with Crippen LogP contribution >= 0.6 is 11.3 Å². The van der Waals surface area contributed by atoms with E-state index < -0.39 is 0 Å². The predicted molar refractivity (Wildman–Crippen MR) is 112 cm³/mol. The summed E-state index contributed by atoms with van der Waals surface area (Å²) in [5, 5.41) is 8.59. The molecule has 1 amide bonds. The maximum Gasteiger partial charge on any atom is 0.261 e. The van der Waals surface area contributed by atoms with E-state index in [1.165, 1.54) is 16.9 Å². The van der Waals surface area contributed by atoms with E-state index in [0.29, 0.717) is 24.6 Å². The third-order valence-electron chi connectivity index (χ3n) is 4.41. The van der Waals surface area contributed by atoms with Gasteiger partial charge >= 0.3 is 0 Å². The molecule has 0 atom stereocenters. The molecule has 0 bridgehead atoms. The van der Waals surface area contributed by atoms with Crippen LogP contribution in [0.1, 0.15) is 20.9 Å². The molecule has 0 aliphatic heterocycles. The van der Waals surface area contributed by atoms with Gasteiger partial charge in [-0.2, -0.15) is 5.10 Å². The van der Waals surface area contributed by atoms with Gasteiger partial charge in [0.05, 0.1) is 23.7 Å². The van der Waals surface area contributed by atoms with Crippen LogP contribution in [0.4, 0.5) is 0 Å². The summed E-state index contributed by atoms with van der Waals surface area (Å²) in [6.45, 7) is 3.56. The van der Waals surface area contributed by atoms with Gasteiger partial charge in [0.25, 0.3) is 5.91 Å². The first-order valence-electron chi connectivity index (χ1n) is 9.17. The van der Waals surface area contributed by atoms with Crippen molar-refractivity contribution in [3.63, 3.8) is 0 Å². The molecule has 0 unspecified atom stereocenters. The smallest absolute Gasteiger partial charge is 0.261 e. The first kappa shape index (κ1) is 18.3. The van der Waals surface area contributed by atoms with Crippen LogP contribution in [0.15, 0.2) is 66.7 Å². The van der Waals surface area contributed by atoms with E-state index in [4.69, 9.17) is 4.74 Å². The van der Waals surface area contributed by atoms with Gasteiger partial charge in [-0.1, -0.05) is 48.5 Å². The lowest BCUT2D eigenvalue weighted by atomic mass is 10.2. The van der Waals surface area contributed by atoms with E-state index in [0.717, 1.165) is 21.7 Å². The van der Waals surface area contributed by atoms with E-state index in [2.05, 4.69) is 22.5 Å². The molecule has 5 nitrogen and oxygen atoms in total. The van der Waals surface area contributed by atoms with Crippen LogP contribution in [0.3, 0.4) is 0 Å². The van der Waals surface area contributed by atoms with Crippen molar-refractivity contribution < 1.29 is 9.53 Å². The first-order chi connectivity index (χ1) is 13.7. The molecular weight excluding hydrogens is 370 g/mol. The maximum absolute atomic E-state index is 12.5. The second-order valence-electron chi connectivity index (χ2n) is 6.48. The quantitative estimate of drug-likeness (QED) is 0.479. The van der Waals surface area contributed by atoms with Gasteiger partial charge < -0.3 is 10.1 Å². The Morgan fingerprint density at radius 2 is 1.82 bits per heavy atom. The molecule has 2 aromatic heterocycles. The van der Waals surface area contributed by atoms with Gasteiger partial charge in [0.2, 0.25) is 0 Å². The third-order valence-corrected chi connectivity index (χ3v) is 5.55. The van der Waals surface area contributed by atoms with E-state index in [1.54, 1.807) is 0 Å². The Hall–Kier alpha value is -3.12. The molecule has 28 heavy (non-hydrogen) atoms. The molecule has 4 aromatic rings. The van der Waals surface area contributed by atoms with Crippen LogP contribution < -0.4 is 10.1 Å². The molecule has 2 heterocycles. The summed E-state index contributed by atoms with van der Waals surface area (Å²) < 4.78 is 7.59. The average molecular weight is 391 g/mol. The maximum atomic E-state index is 12.5. The normalized spacial score (nSPS) is 10.9. The Kier molecular flexibility index (Phi) is 5.39. The Labute approximate surface area is 167 Å². The fraction of sp³-hybridized carbons (Fsp3) is 0.182. The van der Waals surface area contributed by atoms with Crippen molar-refractivity contribution in [2.75, 3.05) is 13.2 Å². The fourth-order valence-corrected chi connectivity index (χ4v) is 4.10. The number of para-hydroxylation sites is 1. The molecule has 0 radical (unpaired) electrons. The van der Waals surface area contributed by atoms with Gasteiger partial charge in [-0.15, -0.1) is 11.3 Å². The van der Waals surface area contributed by atoms with Crippen molar-refractivity contribution in [1.82, 2.24) is 15.1 Å². The number of fused-ring (bicyclic) bond motifs is 1. The van der Waals surface area contributed by atoms with Crippen LogP contribution in [0.2, 0.25) is 0 Å². The molecule has 0 aliphatic rings. The van der Waals surface area contributed by atoms with Crippen LogP contribution in [-0.4, -0.2) is 28.8 Å². The molecule has 0 aliphatic carbocycles. The Balaban J connectivity index is 1.41. The zero-order chi connectivity index (χ0) is 19.3. The summed E-state index contributed by atoms with van der Waals surface area (Å²) in [4.78, 5) is 14.2. The monoisotopic (exact) mass is 391 g/mol. The minimum absolute atomic E-state index is 0.0801. The van der Waals surface area contributed by atoms with Crippen LogP contribution in [0.5, 0.6) is 5.75 Å². The zero-order valence-corrected chi connectivity index (χ0v) is 16.4. The van der Waals surface area contributed by atoms with Crippen molar-refractivity contribution in [3.8, 4) is 5.75 Å². The minimum atomic E-state index is -0.0801. The number of nitrogens with one attached hydrogen (secondary N) is 1. The molecule has 0 spiro atoms. The Morgan fingerprint density at radius 1 is 1.11 bits per heavy atom. The molecule has 1 N–H and O–H groups in total. The summed E-state index contributed by atoms with van der Waals surface area (Å²) in [6, 6.07) is 21.7. The molecule has 0 saturated heterocycles. The highest BCUT2D eigenvalue weighted by Gasteiger charge is 2.16. The van der Waals surface area contributed by atoms with Crippen LogP contribution in [0.25, 0.3) is 10.2 Å². The lowest BCUT2D eigenvalue weighted by Crippen LogP contribution is -2.27. The largest absolute Gasteiger partial charge is 0.492 e. The topological polar surface area (TPSA) is 56.2 Å². The number of benzene rings is 2. The van der Waals surface area contributed by atoms with Gasteiger partial charge in [-0.25, -0.2) is 0 Å². The molecular formula is C22H21N3O2S. The number of carbonyl (C=O) groups is 1. The number of thiophene rings is 1. The number of aromatic nitrogens is 2. The van der Waals surface area contributed by atoms with E-state index >= 15 is 0 Å². The van der Waals surface area contributed by atoms with Crippen molar-refractivity contribution in [3.05, 3.63) is 82.9 Å². The first-order valence-corrected chi connectivity index (χ1v) is 9.99. The van der Waals surface area contributed by atoms with E-state index in [1.807, 2.05) is 66.2 Å². The highest BCUT2D eigenvalue weighted by molar-refractivity contribution is 7.20.